The van der Waals surface area contributed by atoms with Crippen LogP contribution in [0.15, 0.2) is 30.3 Å². The quantitative estimate of drug-likeness (QED) is 0.736. The van der Waals surface area contributed by atoms with Gasteiger partial charge in [0.1, 0.15) is 5.82 Å². The molecule has 1 fully saturated rings. The Bertz CT molecular complexity index is 696. The zero-order valence-corrected chi connectivity index (χ0v) is 16.0. The standard InChI is InChI=1S/C20H29N5O/c1-15-8-11-25(12-9-15)18-6-4-17(5-7-18)23-20-22-16(2)14-19(24-20)21-10-13-26-3/h4-7,14-15H,8-13H2,1-3H3,(H2,21,22,23,24). The van der Waals surface area contributed by atoms with Crippen molar-refractivity contribution in [3.63, 3.8) is 0 Å². The zero-order chi connectivity index (χ0) is 18.4. The summed E-state index contributed by atoms with van der Waals surface area (Å²) in [7, 11) is 1.69. The molecule has 0 bridgehead atoms. The summed E-state index contributed by atoms with van der Waals surface area (Å²) in [6.45, 7) is 7.95. The number of nitrogens with zero attached hydrogens (tertiary/aromatic N) is 3. The summed E-state index contributed by atoms with van der Waals surface area (Å²) in [5.41, 5.74) is 3.20. The minimum Gasteiger partial charge on any atom is -0.383 e. The van der Waals surface area contributed by atoms with E-state index in [1.165, 1.54) is 18.5 Å². The van der Waals surface area contributed by atoms with E-state index in [9.17, 15) is 0 Å². The minimum atomic E-state index is 0.601. The second-order valence-electron chi connectivity index (χ2n) is 6.98. The lowest BCUT2D eigenvalue weighted by molar-refractivity contribution is 0.210. The molecule has 2 N–H and O–H groups in total. The number of ether oxygens (including phenoxy) is 1. The molecule has 1 aromatic heterocycles. The average molecular weight is 355 g/mol. The molecule has 6 nitrogen and oxygen atoms in total. The van der Waals surface area contributed by atoms with Gasteiger partial charge in [0.15, 0.2) is 0 Å². The van der Waals surface area contributed by atoms with E-state index in [0.717, 1.165) is 42.8 Å². The summed E-state index contributed by atoms with van der Waals surface area (Å²) in [6, 6.07) is 10.5. The summed E-state index contributed by atoms with van der Waals surface area (Å²) in [5.74, 6) is 2.25. The van der Waals surface area contributed by atoms with Crippen molar-refractivity contribution < 1.29 is 4.74 Å². The Kier molecular flexibility index (Phi) is 6.28. The Balaban J connectivity index is 1.63. The van der Waals surface area contributed by atoms with Crippen molar-refractivity contribution >= 4 is 23.1 Å². The highest BCUT2D eigenvalue weighted by atomic mass is 16.5. The van der Waals surface area contributed by atoms with Crippen LogP contribution in [-0.4, -0.2) is 43.3 Å². The molecular formula is C20H29N5O. The smallest absolute Gasteiger partial charge is 0.229 e. The van der Waals surface area contributed by atoms with Crippen molar-refractivity contribution in [1.82, 2.24) is 9.97 Å². The Morgan fingerprint density at radius 3 is 2.58 bits per heavy atom. The number of hydrogen-bond acceptors (Lipinski definition) is 6. The van der Waals surface area contributed by atoms with Gasteiger partial charge < -0.3 is 20.3 Å². The van der Waals surface area contributed by atoms with Gasteiger partial charge in [-0.15, -0.1) is 0 Å². The maximum Gasteiger partial charge on any atom is 0.229 e. The molecular weight excluding hydrogens is 326 g/mol. The van der Waals surface area contributed by atoms with Crippen LogP contribution in [0.3, 0.4) is 0 Å². The van der Waals surface area contributed by atoms with Crippen molar-refractivity contribution in [3.8, 4) is 0 Å². The van der Waals surface area contributed by atoms with Gasteiger partial charge in [-0.3, -0.25) is 0 Å². The topological polar surface area (TPSA) is 62.3 Å². The largest absolute Gasteiger partial charge is 0.383 e. The van der Waals surface area contributed by atoms with Crippen LogP contribution in [0, 0.1) is 12.8 Å². The Hall–Kier alpha value is -2.34. The molecule has 0 saturated carbocycles. The zero-order valence-electron chi connectivity index (χ0n) is 16.0. The number of piperidine rings is 1. The summed E-state index contributed by atoms with van der Waals surface area (Å²) >= 11 is 0. The molecule has 2 aromatic rings. The van der Waals surface area contributed by atoms with E-state index >= 15 is 0 Å². The summed E-state index contributed by atoms with van der Waals surface area (Å²) in [4.78, 5) is 11.5. The average Bonchev–Trinajstić information content (AvgIpc) is 2.63. The number of benzene rings is 1. The molecule has 26 heavy (non-hydrogen) atoms. The molecule has 0 radical (unpaired) electrons. The third-order valence-corrected chi connectivity index (χ3v) is 4.74. The molecule has 0 aliphatic carbocycles. The molecule has 0 amide bonds. The van der Waals surface area contributed by atoms with Gasteiger partial charge >= 0.3 is 0 Å². The highest BCUT2D eigenvalue weighted by molar-refractivity contribution is 5.60. The third-order valence-electron chi connectivity index (χ3n) is 4.74. The molecule has 0 atom stereocenters. The van der Waals surface area contributed by atoms with E-state index in [4.69, 9.17) is 4.74 Å². The highest BCUT2D eigenvalue weighted by Gasteiger charge is 2.15. The molecule has 2 heterocycles. The number of aryl methyl sites for hydroxylation is 1. The third kappa shape index (κ3) is 5.08. The van der Waals surface area contributed by atoms with Crippen molar-refractivity contribution in [2.45, 2.75) is 26.7 Å². The molecule has 3 rings (SSSR count). The maximum atomic E-state index is 5.06. The number of methoxy groups -OCH3 is 1. The Morgan fingerprint density at radius 2 is 1.88 bits per heavy atom. The maximum absolute atomic E-state index is 5.06. The first-order valence-electron chi connectivity index (χ1n) is 9.34. The first-order chi connectivity index (χ1) is 12.6. The molecule has 1 aromatic carbocycles. The monoisotopic (exact) mass is 355 g/mol. The fourth-order valence-electron chi connectivity index (χ4n) is 3.15. The normalized spacial score (nSPS) is 15.1. The number of anilines is 4. The molecule has 6 heteroatoms. The first-order valence-corrected chi connectivity index (χ1v) is 9.34. The predicted octanol–water partition coefficient (Wildman–Crippen LogP) is 3.82. The molecule has 140 valence electrons. The molecule has 1 saturated heterocycles. The Labute approximate surface area is 156 Å². The number of hydrogen-bond donors (Lipinski definition) is 2. The van der Waals surface area contributed by atoms with E-state index in [0.29, 0.717) is 12.6 Å². The summed E-state index contributed by atoms with van der Waals surface area (Å²) in [6.07, 6.45) is 2.55. The van der Waals surface area contributed by atoms with Crippen LogP contribution < -0.4 is 15.5 Å². The number of rotatable bonds is 7. The van der Waals surface area contributed by atoms with E-state index < -0.39 is 0 Å². The molecule has 0 unspecified atom stereocenters. The van der Waals surface area contributed by atoms with E-state index in [2.05, 4.69) is 56.7 Å². The lowest BCUT2D eigenvalue weighted by Crippen LogP contribution is -2.32. The number of nitrogens with one attached hydrogen (secondary N) is 2. The van der Waals surface area contributed by atoms with Gasteiger partial charge in [0.2, 0.25) is 5.95 Å². The second kappa shape index (κ2) is 8.85. The summed E-state index contributed by atoms with van der Waals surface area (Å²) in [5, 5.41) is 6.55. The van der Waals surface area contributed by atoms with Gasteiger partial charge in [-0.05, 0) is 49.9 Å². The fourth-order valence-corrected chi connectivity index (χ4v) is 3.15. The highest BCUT2D eigenvalue weighted by Crippen LogP contribution is 2.25. The van der Waals surface area contributed by atoms with E-state index in [1.54, 1.807) is 7.11 Å². The van der Waals surface area contributed by atoms with Crippen LogP contribution in [0.2, 0.25) is 0 Å². The van der Waals surface area contributed by atoms with Gasteiger partial charge in [0.25, 0.3) is 0 Å². The van der Waals surface area contributed by atoms with Gasteiger partial charge in [-0.1, -0.05) is 6.92 Å². The van der Waals surface area contributed by atoms with Gasteiger partial charge in [0.05, 0.1) is 6.61 Å². The van der Waals surface area contributed by atoms with Crippen LogP contribution in [0.5, 0.6) is 0 Å². The number of aromatic nitrogens is 2. The minimum absolute atomic E-state index is 0.601. The Morgan fingerprint density at radius 1 is 1.15 bits per heavy atom. The van der Waals surface area contributed by atoms with Crippen molar-refractivity contribution in [2.75, 3.05) is 48.9 Å². The predicted molar refractivity (Wildman–Crippen MR) is 107 cm³/mol. The van der Waals surface area contributed by atoms with Crippen LogP contribution in [0.1, 0.15) is 25.5 Å². The van der Waals surface area contributed by atoms with Gasteiger partial charge in [0, 0.05) is 49.9 Å². The van der Waals surface area contributed by atoms with Crippen molar-refractivity contribution in [1.29, 1.82) is 0 Å². The lowest BCUT2D eigenvalue weighted by atomic mass is 9.99. The van der Waals surface area contributed by atoms with Crippen molar-refractivity contribution in [2.24, 2.45) is 5.92 Å². The van der Waals surface area contributed by atoms with Gasteiger partial charge in [-0.25, -0.2) is 4.98 Å². The lowest BCUT2D eigenvalue weighted by Gasteiger charge is -2.32. The van der Waals surface area contributed by atoms with Crippen LogP contribution >= 0.6 is 0 Å². The molecule has 1 aliphatic heterocycles. The van der Waals surface area contributed by atoms with Crippen LogP contribution in [-0.2, 0) is 4.74 Å². The van der Waals surface area contributed by atoms with Crippen molar-refractivity contribution in [3.05, 3.63) is 36.0 Å². The summed E-state index contributed by atoms with van der Waals surface area (Å²) < 4.78 is 5.06. The second-order valence-corrected chi connectivity index (χ2v) is 6.98. The fraction of sp³-hybridized carbons (Fsp3) is 0.500. The van der Waals surface area contributed by atoms with Crippen LogP contribution in [0.4, 0.5) is 23.1 Å². The van der Waals surface area contributed by atoms with Gasteiger partial charge in [-0.2, -0.15) is 4.98 Å². The SMILES string of the molecule is COCCNc1cc(C)nc(Nc2ccc(N3CCC(C)CC3)cc2)n1. The van der Waals surface area contributed by atoms with Crippen LogP contribution in [0.25, 0.3) is 0 Å². The first kappa shape index (κ1) is 18.5. The molecule has 0 spiro atoms. The van der Waals surface area contributed by atoms with E-state index in [-0.39, 0.29) is 0 Å². The van der Waals surface area contributed by atoms with E-state index in [1.807, 2.05) is 13.0 Å². The molecule has 1 aliphatic rings.